The molecule has 2 fully saturated rings. The van der Waals surface area contributed by atoms with Crippen molar-refractivity contribution in [3.63, 3.8) is 0 Å². The highest BCUT2D eigenvalue weighted by atomic mass is 19.2. The molecule has 1 spiro atoms. The average Bonchev–Trinajstić information content (AvgIpc) is 3.07. The summed E-state index contributed by atoms with van der Waals surface area (Å²) in [5.74, 6) is -1.40. The second-order valence-electron chi connectivity index (χ2n) is 6.99. The van der Waals surface area contributed by atoms with Gasteiger partial charge in [-0.2, -0.15) is 0 Å². The van der Waals surface area contributed by atoms with Crippen molar-refractivity contribution in [2.75, 3.05) is 26.3 Å². The summed E-state index contributed by atoms with van der Waals surface area (Å²) in [6.45, 7) is 2.10. The Labute approximate surface area is 155 Å². The Hall–Kier alpha value is -2.54. The standard InChI is InChI=1S/C20H20F2N2O3/c21-16-5-4-14(11-17(16)22)19(25)24-12-20(13-24)15(7-10-27-20)6-9-26-18-3-1-2-8-23-18/h1-5,8,11,15H,6-7,9-10,12-13H2/t15-/m1/s1. The molecule has 2 aliphatic rings. The van der Waals surface area contributed by atoms with E-state index in [-0.39, 0.29) is 23.0 Å². The van der Waals surface area contributed by atoms with Crippen LogP contribution in [-0.2, 0) is 4.74 Å². The Bertz CT molecular complexity index is 825. The van der Waals surface area contributed by atoms with Gasteiger partial charge < -0.3 is 14.4 Å². The molecular formula is C20H20F2N2O3. The van der Waals surface area contributed by atoms with E-state index in [4.69, 9.17) is 9.47 Å². The van der Waals surface area contributed by atoms with Crippen LogP contribution in [0.4, 0.5) is 8.78 Å². The van der Waals surface area contributed by atoms with Gasteiger partial charge in [-0.25, -0.2) is 13.8 Å². The van der Waals surface area contributed by atoms with Crippen molar-refractivity contribution in [2.45, 2.75) is 18.4 Å². The molecule has 1 aromatic carbocycles. The smallest absolute Gasteiger partial charge is 0.254 e. The number of likely N-dealkylation sites (tertiary alicyclic amines) is 1. The predicted octanol–water partition coefficient (Wildman–Crippen LogP) is 3.06. The third kappa shape index (κ3) is 3.51. The summed E-state index contributed by atoms with van der Waals surface area (Å²) in [7, 11) is 0. The van der Waals surface area contributed by atoms with Crippen LogP contribution >= 0.6 is 0 Å². The Balaban J connectivity index is 1.33. The fourth-order valence-electron chi connectivity index (χ4n) is 3.84. The molecule has 4 rings (SSSR count). The molecule has 0 bridgehead atoms. The van der Waals surface area contributed by atoms with Gasteiger partial charge in [0.15, 0.2) is 11.6 Å². The first-order valence-corrected chi connectivity index (χ1v) is 8.99. The summed E-state index contributed by atoms with van der Waals surface area (Å²) in [6, 6.07) is 8.74. The number of carbonyl (C=O) groups excluding carboxylic acids is 1. The van der Waals surface area contributed by atoms with Crippen molar-refractivity contribution < 1.29 is 23.0 Å². The lowest BCUT2D eigenvalue weighted by molar-refractivity contribution is -0.119. The van der Waals surface area contributed by atoms with E-state index in [2.05, 4.69) is 4.98 Å². The highest BCUT2D eigenvalue weighted by Gasteiger charge is 2.54. The lowest BCUT2D eigenvalue weighted by Gasteiger charge is -2.50. The van der Waals surface area contributed by atoms with Crippen LogP contribution in [0.2, 0.25) is 0 Å². The van der Waals surface area contributed by atoms with Crippen LogP contribution in [0.5, 0.6) is 5.88 Å². The Morgan fingerprint density at radius 1 is 1.26 bits per heavy atom. The van der Waals surface area contributed by atoms with Gasteiger partial charge in [-0.3, -0.25) is 4.79 Å². The van der Waals surface area contributed by atoms with E-state index in [1.807, 2.05) is 18.2 Å². The number of nitrogens with zero attached hydrogens (tertiary/aromatic N) is 2. The maximum atomic E-state index is 13.4. The van der Waals surface area contributed by atoms with E-state index in [1.165, 1.54) is 6.07 Å². The summed E-state index contributed by atoms with van der Waals surface area (Å²) in [6.07, 6.45) is 3.41. The van der Waals surface area contributed by atoms with Crippen LogP contribution in [-0.4, -0.2) is 47.7 Å². The third-order valence-corrected chi connectivity index (χ3v) is 5.32. The molecule has 3 heterocycles. The number of halogens is 2. The Morgan fingerprint density at radius 2 is 2.11 bits per heavy atom. The van der Waals surface area contributed by atoms with Crippen LogP contribution in [0.25, 0.3) is 0 Å². The fraction of sp³-hybridized carbons (Fsp3) is 0.400. The highest BCUT2D eigenvalue weighted by Crippen LogP contribution is 2.42. The maximum absolute atomic E-state index is 13.4. The summed E-state index contributed by atoms with van der Waals surface area (Å²) in [5, 5.41) is 0. The van der Waals surface area contributed by atoms with Gasteiger partial charge in [0.2, 0.25) is 5.88 Å². The summed E-state index contributed by atoms with van der Waals surface area (Å²) < 4.78 is 38.1. The maximum Gasteiger partial charge on any atom is 0.254 e. The zero-order valence-electron chi connectivity index (χ0n) is 14.7. The molecular weight excluding hydrogens is 354 g/mol. The molecule has 5 nitrogen and oxygen atoms in total. The van der Waals surface area contributed by atoms with Crippen LogP contribution < -0.4 is 4.74 Å². The van der Waals surface area contributed by atoms with Crippen molar-refractivity contribution in [2.24, 2.45) is 5.92 Å². The van der Waals surface area contributed by atoms with Crippen LogP contribution in [0, 0.1) is 17.6 Å². The first-order valence-electron chi connectivity index (χ1n) is 8.99. The van der Waals surface area contributed by atoms with Gasteiger partial charge in [0, 0.05) is 24.4 Å². The van der Waals surface area contributed by atoms with Crippen molar-refractivity contribution >= 4 is 5.91 Å². The fourth-order valence-corrected chi connectivity index (χ4v) is 3.84. The van der Waals surface area contributed by atoms with Crippen molar-refractivity contribution in [3.05, 3.63) is 59.8 Å². The van der Waals surface area contributed by atoms with Gasteiger partial charge in [-0.15, -0.1) is 0 Å². The van der Waals surface area contributed by atoms with Gasteiger partial charge in [-0.05, 0) is 43.0 Å². The number of pyridine rings is 1. The molecule has 0 N–H and O–H groups in total. The molecule has 1 aromatic heterocycles. The van der Waals surface area contributed by atoms with Crippen LogP contribution in [0.3, 0.4) is 0 Å². The van der Waals surface area contributed by atoms with Crippen molar-refractivity contribution in [1.29, 1.82) is 0 Å². The Morgan fingerprint density at radius 3 is 2.85 bits per heavy atom. The summed E-state index contributed by atoms with van der Waals surface area (Å²) >= 11 is 0. The zero-order valence-corrected chi connectivity index (χ0v) is 14.7. The van der Waals surface area contributed by atoms with Crippen LogP contribution in [0.1, 0.15) is 23.2 Å². The molecule has 1 atom stereocenters. The number of amides is 1. The van der Waals surface area contributed by atoms with Gasteiger partial charge in [0.25, 0.3) is 5.91 Å². The quantitative estimate of drug-likeness (QED) is 0.807. The van der Waals surface area contributed by atoms with E-state index in [1.54, 1.807) is 11.1 Å². The SMILES string of the molecule is O=C(c1ccc(F)c(F)c1)N1CC2(C1)OCC[C@H]2CCOc1ccccn1. The second-order valence-corrected chi connectivity index (χ2v) is 6.99. The number of rotatable bonds is 5. The molecule has 2 aliphatic heterocycles. The minimum atomic E-state index is -1.02. The topological polar surface area (TPSA) is 51.7 Å². The lowest BCUT2D eigenvalue weighted by atomic mass is 9.79. The molecule has 2 saturated heterocycles. The molecule has 0 saturated carbocycles. The van der Waals surface area contributed by atoms with Gasteiger partial charge in [-0.1, -0.05) is 6.07 Å². The van der Waals surface area contributed by atoms with E-state index < -0.39 is 11.6 Å². The van der Waals surface area contributed by atoms with E-state index in [0.717, 1.165) is 25.0 Å². The summed E-state index contributed by atoms with van der Waals surface area (Å²) in [4.78, 5) is 18.2. The zero-order chi connectivity index (χ0) is 18.9. The van der Waals surface area contributed by atoms with Crippen molar-refractivity contribution in [1.82, 2.24) is 9.88 Å². The third-order valence-electron chi connectivity index (χ3n) is 5.32. The largest absolute Gasteiger partial charge is 0.478 e. The number of carbonyl (C=O) groups is 1. The van der Waals surface area contributed by atoms with Crippen LogP contribution in [0.15, 0.2) is 42.6 Å². The minimum absolute atomic E-state index is 0.150. The van der Waals surface area contributed by atoms with Crippen molar-refractivity contribution in [3.8, 4) is 5.88 Å². The number of aromatic nitrogens is 1. The summed E-state index contributed by atoms with van der Waals surface area (Å²) in [5.41, 5.74) is -0.210. The average molecular weight is 374 g/mol. The highest BCUT2D eigenvalue weighted by molar-refractivity contribution is 5.95. The van der Waals surface area contributed by atoms with E-state index in [9.17, 15) is 13.6 Å². The molecule has 0 aliphatic carbocycles. The first-order chi connectivity index (χ1) is 13.1. The minimum Gasteiger partial charge on any atom is -0.478 e. The molecule has 27 heavy (non-hydrogen) atoms. The number of benzene rings is 1. The lowest BCUT2D eigenvalue weighted by Crippen LogP contribution is -2.66. The second kappa shape index (κ2) is 7.23. The van der Waals surface area contributed by atoms with Gasteiger partial charge in [0.05, 0.1) is 19.7 Å². The number of hydrogen-bond acceptors (Lipinski definition) is 4. The van der Waals surface area contributed by atoms with Gasteiger partial charge >= 0.3 is 0 Å². The molecule has 7 heteroatoms. The monoisotopic (exact) mass is 374 g/mol. The predicted molar refractivity (Wildman–Crippen MR) is 93.4 cm³/mol. The molecule has 0 unspecified atom stereocenters. The molecule has 2 aromatic rings. The number of hydrogen-bond donors (Lipinski definition) is 0. The normalized spacial score (nSPS) is 20.5. The molecule has 0 radical (unpaired) electrons. The molecule has 142 valence electrons. The molecule has 1 amide bonds. The number of ether oxygens (including phenoxy) is 2. The van der Waals surface area contributed by atoms with E-state index in [0.29, 0.717) is 32.2 Å². The van der Waals surface area contributed by atoms with Gasteiger partial charge in [0.1, 0.15) is 5.60 Å². The first kappa shape index (κ1) is 17.9. The Kier molecular flexibility index (Phi) is 4.78. The van der Waals surface area contributed by atoms with E-state index >= 15 is 0 Å².